The maximum Gasteiger partial charge on any atom is 0.417 e. The van der Waals surface area contributed by atoms with Crippen molar-refractivity contribution in [3.63, 3.8) is 0 Å². The SMILES string of the molecule is O=C(Nc1ccc(Cl)c(C(F)(F)F)c1)c1ccc(-c2cc(C(F)(F)F)ccn2)cc1. The molecule has 0 bridgehead atoms. The summed E-state index contributed by atoms with van der Waals surface area (Å²) in [7, 11) is 0. The first-order chi connectivity index (χ1) is 13.9. The summed E-state index contributed by atoms with van der Waals surface area (Å²) in [5.74, 6) is -0.700. The zero-order valence-electron chi connectivity index (χ0n) is 14.8. The fraction of sp³-hybridized carbons (Fsp3) is 0.100. The van der Waals surface area contributed by atoms with E-state index in [-0.39, 0.29) is 16.9 Å². The van der Waals surface area contributed by atoms with Crippen LogP contribution in [0, 0.1) is 0 Å². The number of aromatic nitrogens is 1. The van der Waals surface area contributed by atoms with Gasteiger partial charge in [0.25, 0.3) is 5.91 Å². The third kappa shape index (κ3) is 4.91. The molecule has 0 saturated carbocycles. The van der Waals surface area contributed by atoms with Gasteiger partial charge in [0.05, 0.1) is 21.8 Å². The predicted molar refractivity (Wildman–Crippen MR) is 99.1 cm³/mol. The van der Waals surface area contributed by atoms with Crippen LogP contribution in [0.1, 0.15) is 21.5 Å². The van der Waals surface area contributed by atoms with Gasteiger partial charge in [-0.1, -0.05) is 23.7 Å². The van der Waals surface area contributed by atoms with E-state index in [2.05, 4.69) is 10.3 Å². The molecule has 0 aliphatic heterocycles. The first-order valence-corrected chi connectivity index (χ1v) is 8.65. The van der Waals surface area contributed by atoms with E-state index >= 15 is 0 Å². The van der Waals surface area contributed by atoms with E-state index in [9.17, 15) is 31.1 Å². The quantitative estimate of drug-likeness (QED) is 0.457. The summed E-state index contributed by atoms with van der Waals surface area (Å²) in [6.07, 6.45) is -8.18. The van der Waals surface area contributed by atoms with Gasteiger partial charge in [0.15, 0.2) is 0 Å². The lowest BCUT2D eigenvalue weighted by Crippen LogP contribution is -2.13. The minimum Gasteiger partial charge on any atom is -0.322 e. The first kappa shape index (κ1) is 21.6. The molecule has 0 spiro atoms. The first-order valence-electron chi connectivity index (χ1n) is 8.27. The Morgan fingerprint density at radius 3 is 2.13 bits per heavy atom. The van der Waals surface area contributed by atoms with Gasteiger partial charge in [-0.05, 0) is 42.5 Å². The Hall–Kier alpha value is -3.07. The van der Waals surface area contributed by atoms with Crippen LogP contribution in [-0.4, -0.2) is 10.9 Å². The van der Waals surface area contributed by atoms with E-state index < -0.39 is 34.4 Å². The second-order valence-corrected chi connectivity index (χ2v) is 6.56. The number of hydrogen-bond acceptors (Lipinski definition) is 2. The molecule has 2 aromatic carbocycles. The number of alkyl halides is 6. The van der Waals surface area contributed by atoms with Gasteiger partial charge < -0.3 is 5.32 Å². The molecule has 1 N–H and O–H groups in total. The van der Waals surface area contributed by atoms with Gasteiger partial charge in [-0.15, -0.1) is 0 Å². The highest BCUT2D eigenvalue weighted by molar-refractivity contribution is 6.31. The lowest BCUT2D eigenvalue weighted by Gasteiger charge is -2.12. The number of carbonyl (C=O) groups is 1. The van der Waals surface area contributed by atoms with Gasteiger partial charge in [0.1, 0.15) is 0 Å². The van der Waals surface area contributed by atoms with E-state index in [4.69, 9.17) is 11.6 Å². The third-order valence-electron chi connectivity index (χ3n) is 4.06. The number of carbonyl (C=O) groups excluding carboxylic acids is 1. The zero-order valence-corrected chi connectivity index (χ0v) is 15.5. The predicted octanol–water partition coefficient (Wildman–Crippen LogP) is 6.69. The highest BCUT2D eigenvalue weighted by Gasteiger charge is 2.33. The van der Waals surface area contributed by atoms with Crippen LogP contribution in [0.3, 0.4) is 0 Å². The number of nitrogens with one attached hydrogen (secondary N) is 1. The molecule has 0 radical (unpaired) electrons. The lowest BCUT2D eigenvalue weighted by atomic mass is 10.1. The maximum atomic E-state index is 12.9. The Kier molecular flexibility index (Phi) is 5.76. The third-order valence-corrected chi connectivity index (χ3v) is 4.39. The molecule has 3 aromatic rings. The van der Waals surface area contributed by atoms with Crippen molar-refractivity contribution in [2.75, 3.05) is 5.32 Å². The van der Waals surface area contributed by atoms with Crippen LogP contribution in [0.4, 0.5) is 32.0 Å². The standard InChI is InChI=1S/C20H11ClF6N2O/c21-16-6-5-14(10-15(16)20(25,26)27)29-18(30)12-3-1-11(2-4-12)17-9-13(7-8-28-17)19(22,23)24/h1-10H,(H,29,30). The fourth-order valence-electron chi connectivity index (χ4n) is 2.58. The van der Waals surface area contributed by atoms with Gasteiger partial charge >= 0.3 is 12.4 Å². The maximum absolute atomic E-state index is 12.9. The molecule has 1 amide bonds. The van der Waals surface area contributed by atoms with Crippen molar-refractivity contribution >= 4 is 23.2 Å². The van der Waals surface area contributed by atoms with E-state index in [1.807, 2.05) is 0 Å². The molecule has 1 heterocycles. The number of hydrogen-bond donors (Lipinski definition) is 1. The molecule has 0 fully saturated rings. The summed E-state index contributed by atoms with van der Waals surface area (Å²) >= 11 is 5.54. The van der Waals surface area contributed by atoms with Crippen LogP contribution in [0.2, 0.25) is 5.02 Å². The molecule has 3 nitrogen and oxygen atoms in total. The molecule has 156 valence electrons. The number of rotatable bonds is 3. The van der Waals surface area contributed by atoms with E-state index in [0.29, 0.717) is 11.6 Å². The zero-order chi connectivity index (χ0) is 22.1. The van der Waals surface area contributed by atoms with Crippen molar-refractivity contribution in [3.8, 4) is 11.3 Å². The second-order valence-electron chi connectivity index (χ2n) is 6.15. The van der Waals surface area contributed by atoms with Gasteiger partial charge in [0, 0.05) is 23.0 Å². The van der Waals surface area contributed by atoms with Crippen LogP contribution in [0.15, 0.2) is 60.8 Å². The van der Waals surface area contributed by atoms with Gasteiger partial charge in [-0.2, -0.15) is 26.3 Å². The topological polar surface area (TPSA) is 42.0 Å². The van der Waals surface area contributed by atoms with E-state index in [1.54, 1.807) is 0 Å². The average Bonchev–Trinajstić information content (AvgIpc) is 2.68. The Morgan fingerprint density at radius 1 is 0.867 bits per heavy atom. The Bertz CT molecular complexity index is 1080. The number of halogens is 7. The molecule has 1 aromatic heterocycles. The van der Waals surface area contributed by atoms with Gasteiger partial charge in [0.2, 0.25) is 0 Å². The highest BCUT2D eigenvalue weighted by Crippen LogP contribution is 2.36. The largest absolute Gasteiger partial charge is 0.417 e. The molecule has 0 aliphatic carbocycles. The Labute approximate surface area is 171 Å². The molecule has 0 atom stereocenters. The number of nitrogens with zero attached hydrogens (tertiary/aromatic N) is 1. The van der Waals surface area contributed by atoms with Crippen molar-refractivity contribution in [1.29, 1.82) is 0 Å². The van der Waals surface area contributed by atoms with Crippen molar-refractivity contribution in [1.82, 2.24) is 4.98 Å². The second kappa shape index (κ2) is 7.98. The van der Waals surface area contributed by atoms with Crippen molar-refractivity contribution < 1.29 is 31.1 Å². The fourth-order valence-corrected chi connectivity index (χ4v) is 2.81. The summed E-state index contributed by atoms with van der Waals surface area (Å²) in [6.45, 7) is 0. The van der Waals surface area contributed by atoms with Crippen LogP contribution < -0.4 is 5.32 Å². The van der Waals surface area contributed by atoms with Crippen LogP contribution >= 0.6 is 11.6 Å². The average molecular weight is 445 g/mol. The molecular formula is C20H11ClF6N2O. The van der Waals surface area contributed by atoms with Crippen molar-refractivity contribution in [3.05, 3.63) is 82.5 Å². The monoisotopic (exact) mass is 444 g/mol. The summed E-state index contributed by atoms with van der Waals surface area (Å²) < 4.78 is 77.3. The smallest absolute Gasteiger partial charge is 0.322 e. The molecule has 0 aliphatic rings. The number of pyridine rings is 1. The minimum absolute atomic E-state index is 0.0595. The molecule has 30 heavy (non-hydrogen) atoms. The van der Waals surface area contributed by atoms with Crippen LogP contribution in [0.25, 0.3) is 11.3 Å². The normalized spacial score (nSPS) is 12.0. The van der Waals surface area contributed by atoms with Gasteiger partial charge in [-0.3, -0.25) is 9.78 Å². The Morgan fingerprint density at radius 2 is 1.53 bits per heavy atom. The number of benzene rings is 2. The van der Waals surface area contributed by atoms with E-state index in [0.717, 1.165) is 24.4 Å². The molecule has 3 rings (SSSR count). The van der Waals surface area contributed by atoms with Crippen molar-refractivity contribution in [2.24, 2.45) is 0 Å². The summed E-state index contributed by atoms with van der Waals surface area (Å²) in [5, 5.41) is 1.82. The van der Waals surface area contributed by atoms with Crippen LogP contribution in [-0.2, 0) is 12.4 Å². The number of amides is 1. The van der Waals surface area contributed by atoms with E-state index in [1.165, 1.54) is 30.3 Å². The molecular weight excluding hydrogens is 434 g/mol. The molecule has 0 saturated heterocycles. The summed E-state index contributed by atoms with van der Waals surface area (Å²) in [5.41, 5.74) is -1.58. The summed E-state index contributed by atoms with van der Waals surface area (Å²) in [6, 6.07) is 10.1. The lowest BCUT2D eigenvalue weighted by molar-refractivity contribution is -0.138. The van der Waals surface area contributed by atoms with Crippen LogP contribution in [0.5, 0.6) is 0 Å². The van der Waals surface area contributed by atoms with Crippen molar-refractivity contribution in [2.45, 2.75) is 12.4 Å². The number of anilines is 1. The molecule has 10 heteroatoms. The summed E-state index contributed by atoms with van der Waals surface area (Å²) in [4.78, 5) is 16.2. The van der Waals surface area contributed by atoms with Gasteiger partial charge in [-0.25, -0.2) is 0 Å². The highest BCUT2D eigenvalue weighted by atomic mass is 35.5. The minimum atomic E-state index is -4.68. The Balaban J connectivity index is 1.80. The molecule has 0 unspecified atom stereocenters.